The van der Waals surface area contributed by atoms with Crippen molar-refractivity contribution >= 4 is 27.8 Å². The van der Waals surface area contributed by atoms with Crippen LogP contribution in [0.2, 0.25) is 0 Å². The SMILES string of the molecule is COc1ccc(/C=C/C(=O)O)cc1S(=O)(=O)Nc1ccc2c(c1)OC1(CCCCC1)O2. The quantitative estimate of drug-likeness (QED) is 0.646. The molecule has 0 saturated heterocycles. The lowest BCUT2D eigenvalue weighted by Gasteiger charge is -2.31. The van der Waals surface area contributed by atoms with Crippen molar-refractivity contribution in [1.29, 1.82) is 0 Å². The fourth-order valence-electron chi connectivity index (χ4n) is 3.84. The molecule has 0 aromatic heterocycles. The summed E-state index contributed by atoms with van der Waals surface area (Å²) in [4.78, 5) is 10.7. The summed E-state index contributed by atoms with van der Waals surface area (Å²) in [5.74, 6) is -0.529. The first-order valence-electron chi connectivity index (χ1n) is 9.94. The van der Waals surface area contributed by atoms with E-state index in [1.807, 2.05) is 0 Å². The Labute approximate surface area is 180 Å². The molecule has 2 aromatic rings. The van der Waals surface area contributed by atoms with Gasteiger partial charge in [-0.15, -0.1) is 0 Å². The second kappa shape index (κ2) is 8.14. The first kappa shape index (κ1) is 21.0. The monoisotopic (exact) mass is 445 g/mol. The van der Waals surface area contributed by atoms with Gasteiger partial charge in [0.2, 0.25) is 0 Å². The molecule has 8 nitrogen and oxygen atoms in total. The molecule has 1 aliphatic heterocycles. The lowest BCUT2D eigenvalue weighted by molar-refractivity contribution is -0.131. The smallest absolute Gasteiger partial charge is 0.328 e. The molecule has 4 rings (SSSR count). The van der Waals surface area contributed by atoms with E-state index in [0.717, 1.165) is 38.2 Å². The molecule has 0 radical (unpaired) electrons. The number of rotatable bonds is 6. The van der Waals surface area contributed by atoms with Crippen LogP contribution >= 0.6 is 0 Å². The van der Waals surface area contributed by atoms with Gasteiger partial charge in [-0.2, -0.15) is 0 Å². The molecular weight excluding hydrogens is 422 g/mol. The molecule has 31 heavy (non-hydrogen) atoms. The van der Waals surface area contributed by atoms with Crippen LogP contribution in [0.25, 0.3) is 6.08 Å². The fraction of sp³-hybridized carbons (Fsp3) is 0.318. The van der Waals surface area contributed by atoms with Crippen LogP contribution in [0, 0.1) is 0 Å². The van der Waals surface area contributed by atoms with E-state index in [2.05, 4.69) is 4.72 Å². The Morgan fingerprint density at radius 2 is 1.84 bits per heavy atom. The Bertz CT molecular complexity index is 1130. The number of fused-ring (bicyclic) bond motifs is 1. The highest BCUT2D eigenvalue weighted by molar-refractivity contribution is 7.92. The molecule has 1 heterocycles. The molecule has 1 saturated carbocycles. The number of carboxylic acids is 1. The van der Waals surface area contributed by atoms with E-state index in [0.29, 0.717) is 22.7 Å². The van der Waals surface area contributed by atoms with Crippen LogP contribution in [0.4, 0.5) is 5.69 Å². The maximum absolute atomic E-state index is 13.1. The highest BCUT2D eigenvalue weighted by atomic mass is 32.2. The Balaban J connectivity index is 1.59. The number of sulfonamides is 1. The van der Waals surface area contributed by atoms with Gasteiger partial charge in [-0.25, -0.2) is 13.2 Å². The molecule has 0 bridgehead atoms. The highest BCUT2D eigenvalue weighted by Gasteiger charge is 2.42. The van der Waals surface area contributed by atoms with Gasteiger partial charge in [-0.1, -0.05) is 12.5 Å². The number of ether oxygens (including phenoxy) is 3. The largest absolute Gasteiger partial charge is 0.495 e. The Hall–Kier alpha value is -3.20. The van der Waals surface area contributed by atoms with Crippen LogP contribution in [0.5, 0.6) is 17.2 Å². The van der Waals surface area contributed by atoms with Crippen molar-refractivity contribution in [3.05, 3.63) is 48.0 Å². The predicted octanol–water partition coefficient (Wildman–Crippen LogP) is 4.03. The minimum atomic E-state index is -4.02. The first-order valence-corrected chi connectivity index (χ1v) is 11.4. The van der Waals surface area contributed by atoms with Crippen LogP contribution in [0.3, 0.4) is 0 Å². The van der Waals surface area contributed by atoms with Crippen LogP contribution in [-0.2, 0) is 14.8 Å². The van der Waals surface area contributed by atoms with Gasteiger partial charge in [0, 0.05) is 25.0 Å². The number of carbonyl (C=O) groups is 1. The standard InChI is InChI=1S/C22H23NO7S/c1-28-18-8-5-15(6-10-21(24)25)13-20(18)31(26,27)23-16-7-9-17-19(14-16)30-22(29-17)11-3-2-4-12-22/h5-10,13-14,23H,2-4,11-12H2,1H3,(H,24,25)/b10-6+. The third-order valence-electron chi connectivity index (χ3n) is 5.30. The summed E-state index contributed by atoms with van der Waals surface area (Å²) in [6.07, 6.45) is 7.06. The number of nitrogens with one attached hydrogen (secondary N) is 1. The summed E-state index contributed by atoms with van der Waals surface area (Å²) in [6, 6.07) is 9.31. The maximum atomic E-state index is 13.1. The van der Waals surface area contributed by atoms with Crippen molar-refractivity contribution in [2.45, 2.75) is 42.8 Å². The van der Waals surface area contributed by atoms with Gasteiger partial charge < -0.3 is 19.3 Å². The summed E-state index contributed by atoms with van der Waals surface area (Å²) in [6.45, 7) is 0. The maximum Gasteiger partial charge on any atom is 0.328 e. The van der Waals surface area contributed by atoms with Crippen LogP contribution in [-0.4, -0.2) is 32.4 Å². The van der Waals surface area contributed by atoms with Gasteiger partial charge in [0.05, 0.1) is 12.8 Å². The Morgan fingerprint density at radius 3 is 2.55 bits per heavy atom. The van der Waals surface area contributed by atoms with Gasteiger partial charge in [0.1, 0.15) is 10.6 Å². The zero-order chi connectivity index (χ0) is 22.1. The second-order valence-corrected chi connectivity index (χ2v) is 9.18. The molecule has 2 N–H and O–H groups in total. The topological polar surface area (TPSA) is 111 Å². The lowest BCUT2D eigenvalue weighted by Crippen LogP contribution is -2.40. The number of benzene rings is 2. The fourth-order valence-corrected chi connectivity index (χ4v) is 5.09. The Morgan fingerprint density at radius 1 is 1.10 bits per heavy atom. The van der Waals surface area contributed by atoms with Crippen molar-refractivity contribution < 1.29 is 32.5 Å². The Kier molecular flexibility index (Phi) is 5.53. The van der Waals surface area contributed by atoms with Crippen LogP contribution in [0.1, 0.15) is 37.7 Å². The lowest BCUT2D eigenvalue weighted by atomic mass is 9.94. The minimum absolute atomic E-state index is 0.107. The molecule has 0 atom stereocenters. The number of hydrogen-bond donors (Lipinski definition) is 2. The van der Waals surface area contributed by atoms with Gasteiger partial charge in [0.25, 0.3) is 15.8 Å². The zero-order valence-corrected chi connectivity index (χ0v) is 17.8. The van der Waals surface area contributed by atoms with E-state index in [9.17, 15) is 13.2 Å². The average molecular weight is 445 g/mol. The molecule has 0 amide bonds. The normalized spacial score (nSPS) is 17.1. The molecule has 1 fully saturated rings. The third kappa shape index (κ3) is 4.46. The number of anilines is 1. The number of carboxylic acid groups (broad SMARTS) is 1. The van der Waals surface area contributed by atoms with E-state index in [1.54, 1.807) is 24.3 Å². The van der Waals surface area contributed by atoms with E-state index in [-0.39, 0.29) is 10.6 Å². The van der Waals surface area contributed by atoms with Gasteiger partial charge in [0.15, 0.2) is 11.5 Å². The van der Waals surface area contributed by atoms with Gasteiger partial charge in [-0.05, 0) is 48.7 Å². The average Bonchev–Trinajstić information content (AvgIpc) is 3.08. The molecule has 9 heteroatoms. The van der Waals surface area contributed by atoms with Crippen molar-refractivity contribution in [2.24, 2.45) is 0 Å². The van der Waals surface area contributed by atoms with E-state index in [4.69, 9.17) is 19.3 Å². The van der Waals surface area contributed by atoms with Gasteiger partial charge >= 0.3 is 5.97 Å². The molecule has 1 aliphatic carbocycles. The summed E-state index contributed by atoms with van der Waals surface area (Å²) < 4.78 is 46.0. The minimum Gasteiger partial charge on any atom is -0.495 e. The third-order valence-corrected chi connectivity index (χ3v) is 6.70. The summed E-state index contributed by atoms with van der Waals surface area (Å²) in [5.41, 5.74) is 0.734. The number of methoxy groups -OCH3 is 1. The number of aliphatic carboxylic acids is 1. The highest BCUT2D eigenvalue weighted by Crippen LogP contribution is 2.46. The molecule has 1 spiro atoms. The first-order chi connectivity index (χ1) is 14.8. The molecular formula is C22H23NO7S. The summed E-state index contributed by atoms with van der Waals surface area (Å²) in [5, 5.41) is 8.80. The summed E-state index contributed by atoms with van der Waals surface area (Å²) >= 11 is 0. The van der Waals surface area contributed by atoms with E-state index >= 15 is 0 Å². The van der Waals surface area contributed by atoms with E-state index in [1.165, 1.54) is 25.3 Å². The molecule has 2 aromatic carbocycles. The molecule has 164 valence electrons. The summed E-state index contributed by atoms with van der Waals surface area (Å²) in [7, 11) is -2.65. The van der Waals surface area contributed by atoms with Crippen molar-refractivity contribution in [2.75, 3.05) is 11.8 Å². The van der Waals surface area contributed by atoms with E-state index < -0.39 is 21.8 Å². The zero-order valence-electron chi connectivity index (χ0n) is 17.0. The number of hydrogen-bond acceptors (Lipinski definition) is 6. The second-order valence-electron chi connectivity index (χ2n) is 7.52. The van der Waals surface area contributed by atoms with Crippen LogP contribution < -0.4 is 18.9 Å². The molecule has 0 unspecified atom stereocenters. The van der Waals surface area contributed by atoms with Crippen molar-refractivity contribution in [3.63, 3.8) is 0 Å². The van der Waals surface area contributed by atoms with Gasteiger partial charge in [-0.3, -0.25) is 4.72 Å². The van der Waals surface area contributed by atoms with Crippen molar-refractivity contribution in [1.82, 2.24) is 0 Å². The van der Waals surface area contributed by atoms with Crippen LogP contribution in [0.15, 0.2) is 47.4 Å². The predicted molar refractivity (Wildman–Crippen MR) is 114 cm³/mol. The molecule has 2 aliphatic rings. The van der Waals surface area contributed by atoms with Crippen molar-refractivity contribution in [3.8, 4) is 17.2 Å².